The molecular formula is C21H30F3N3O4S. The van der Waals surface area contributed by atoms with E-state index in [9.17, 15) is 26.4 Å². The van der Waals surface area contributed by atoms with Crippen molar-refractivity contribution in [3.63, 3.8) is 0 Å². The molecule has 0 saturated carbocycles. The Morgan fingerprint density at radius 3 is 2.38 bits per heavy atom. The number of nitrogens with two attached hydrogens (primary N) is 1. The van der Waals surface area contributed by atoms with Crippen LogP contribution in [0.1, 0.15) is 38.2 Å². The highest BCUT2D eigenvalue weighted by atomic mass is 32.2. The Hall–Kier alpha value is -1.85. The van der Waals surface area contributed by atoms with Gasteiger partial charge in [-0.2, -0.15) is 4.31 Å². The first-order chi connectivity index (χ1) is 15.0. The maximum Gasteiger partial charge on any atom is 0.409 e. The number of nitrogens with zero attached hydrogens (tertiary/aromatic N) is 2. The van der Waals surface area contributed by atoms with E-state index in [0.717, 1.165) is 6.07 Å². The number of rotatable bonds is 8. The fourth-order valence-corrected chi connectivity index (χ4v) is 6.81. The van der Waals surface area contributed by atoms with Crippen LogP contribution in [0.25, 0.3) is 0 Å². The topological polar surface area (TPSA) is 92.9 Å². The predicted octanol–water partition coefficient (Wildman–Crippen LogP) is 2.63. The lowest BCUT2D eigenvalue weighted by Crippen LogP contribution is -2.51. The lowest BCUT2D eigenvalue weighted by molar-refractivity contribution is 0.118. The molecule has 2 fully saturated rings. The van der Waals surface area contributed by atoms with Crippen LogP contribution in [-0.4, -0.2) is 67.8 Å². The Labute approximate surface area is 186 Å². The average molecular weight is 478 g/mol. The zero-order chi connectivity index (χ0) is 23.6. The number of piperidine rings is 1. The third-order valence-corrected chi connectivity index (χ3v) is 8.38. The first-order valence-corrected chi connectivity index (χ1v) is 12.4. The van der Waals surface area contributed by atoms with Crippen molar-refractivity contribution in [3.8, 4) is 0 Å². The number of carbonyl (C=O) groups excluding carboxylic acids is 1. The number of benzene rings is 1. The predicted molar refractivity (Wildman–Crippen MR) is 113 cm³/mol. The quantitative estimate of drug-likeness (QED) is 0.581. The maximum absolute atomic E-state index is 14.0. The van der Waals surface area contributed by atoms with Crippen LogP contribution in [0, 0.1) is 23.4 Å². The second kappa shape index (κ2) is 9.96. The standard InChI is InChI=1S/C21H30F3N3O4S/c1-3-31-21(28)26(2)6-7-32(29,30)27-15-4-5-16(27)9-14(8-15)20(25)11-13-10-18(23)19(24)12-17(13)22/h10,12,14-16,20H,3-9,11,25H2,1-2H3/t14?,15-,16+,20-/m1/s1. The number of sulfonamides is 1. The maximum atomic E-state index is 14.0. The van der Waals surface area contributed by atoms with Gasteiger partial charge >= 0.3 is 6.09 Å². The van der Waals surface area contributed by atoms with Gasteiger partial charge in [0.05, 0.1) is 12.4 Å². The van der Waals surface area contributed by atoms with E-state index < -0.39 is 39.6 Å². The van der Waals surface area contributed by atoms with Gasteiger partial charge in [-0.25, -0.2) is 26.4 Å². The van der Waals surface area contributed by atoms with E-state index in [2.05, 4.69) is 0 Å². The van der Waals surface area contributed by atoms with Crippen molar-refractivity contribution < 1.29 is 31.1 Å². The molecule has 0 aliphatic carbocycles. The van der Waals surface area contributed by atoms with E-state index in [1.165, 1.54) is 11.9 Å². The smallest absolute Gasteiger partial charge is 0.409 e. The van der Waals surface area contributed by atoms with Gasteiger partial charge in [0.25, 0.3) is 0 Å². The second-order valence-corrected chi connectivity index (χ2v) is 10.6. The van der Waals surface area contributed by atoms with Crippen LogP contribution in [0.4, 0.5) is 18.0 Å². The third-order valence-electron chi connectivity index (χ3n) is 6.44. The summed E-state index contributed by atoms with van der Waals surface area (Å²) >= 11 is 0. The molecular weight excluding hydrogens is 447 g/mol. The van der Waals surface area contributed by atoms with Crippen molar-refractivity contribution in [2.75, 3.05) is 26.0 Å². The second-order valence-electron chi connectivity index (χ2n) is 8.61. The van der Waals surface area contributed by atoms with Crippen molar-refractivity contribution in [2.24, 2.45) is 11.7 Å². The van der Waals surface area contributed by atoms with Crippen molar-refractivity contribution >= 4 is 16.1 Å². The molecule has 0 radical (unpaired) electrons. The highest BCUT2D eigenvalue weighted by Crippen LogP contribution is 2.42. The van der Waals surface area contributed by atoms with Crippen LogP contribution >= 0.6 is 0 Å². The van der Waals surface area contributed by atoms with E-state index in [0.29, 0.717) is 31.7 Å². The number of ether oxygens (including phenoxy) is 1. The average Bonchev–Trinajstić information content (AvgIpc) is 3.01. The van der Waals surface area contributed by atoms with Gasteiger partial charge in [0.15, 0.2) is 11.6 Å². The van der Waals surface area contributed by atoms with E-state index >= 15 is 0 Å². The number of carbonyl (C=O) groups is 1. The normalized spacial score (nSPS) is 24.4. The summed E-state index contributed by atoms with van der Waals surface area (Å²) in [6.07, 6.45) is 1.94. The zero-order valence-electron chi connectivity index (χ0n) is 18.3. The van der Waals surface area contributed by atoms with Crippen LogP contribution in [0.15, 0.2) is 12.1 Å². The largest absolute Gasteiger partial charge is 0.450 e. The summed E-state index contributed by atoms with van der Waals surface area (Å²) in [6.45, 7) is 1.91. The molecule has 180 valence electrons. The SMILES string of the molecule is CCOC(=O)N(C)CCS(=O)(=O)N1[C@@H]2CC[C@H]1CC([C@H](N)Cc1cc(F)c(F)cc1F)C2. The molecule has 7 nitrogen and oxygen atoms in total. The van der Waals surface area contributed by atoms with E-state index in [-0.39, 0.29) is 48.9 Å². The van der Waals surface area contributed by atoms with E-state index in [4.69, 9.17) is 10.5 Å². The molecule has 1 amide bonds. The summed E-state index contributed by atoms with van der Waals surface area (Å²) in [5.74, 6) is -3.47. The number of fused-ring (bicyclic) bond motifs is 2. The molecule has 1 unspecified atom stereocenters. The van der Waals surface area contributed by atoms with Gasteiger partial charge < -0.3 is 15.4 Å². The molecule has 2 aliphatic heterocycles. The lowest BCUT2D eigenvalue weighted by Gasteiger charge is -2.40. The van der Waals surface area contributed by atoms with Gasteiger partial charge in [-0.05, 0) is 56.6 Å². The molecule has 4 atom stereocenters. The molecule has 2 aliphatic rings. The third kappa shape index (κ3) is 5.37. The highest BCUT2D eigenvalue weighted by Gasteiger charge is 2.47. The van der Waals surface area contributed by atoms with Crippen LogP contribution in [0.2, 0.25) is 0 Å². The fourth-order valence-electron chi connectivity index (χ4n) is 4.80. The number of halogens is 3. The van der Waals surface area contributed by atoms with Gasteiger partial charge in [0.1, 0.15) is 5.82 Å². The molecule has 2 N–H and O–H groups in total. The summed E-state index contributed by atoms with van der Waals surface area (Å²) in [4.78, 5) is 13.0. The van der Waals surface area contributed by atoms with Gasteiger partial charge in [0, 0.05) is 37.8 Å². The molecule has 2 bridgehead atoms. The fraction of sp³-hybridized carbons (Fsp3) is 0.667. The Balaban J connectivity index is 1.62. The summed E-state index contributed by atoms with van der Waals surface area (Å²) in [5, 5.41) is 0. The molecule has 11 heteroatoms. The van der Waals surface area contributed by atoms with Crippen molar-refractivity contribution in [1.29, 1.82) is 0 Å². The highest BCUT2D eigenvalue weighted by molar-refractivity contribution is 7.89. The molecule has 1 aromatic rings. The van der Waals surface area contributed by atoms with Crippen molar-refractivity contribution in [1.82, 2.24) is 9.21 Å². The summed E-state index contributed by atoms with van der Waals surface area (Å²) in [5.41, 5.74) is 6.31. The van der Waals surface area contributed by atoms with Gasteiger partial charge in [-0.15, -0.1) is 0 Å². The van der Waals surface area contributed by atoms with Gasteiger partial charge in [-0.1, -0.05) is 0 Å². The first-order valence-electron chi connectivity index (χ1n) is 10.8. The minimum atomic E-state index is -3.60. The Morgan fingerprint density at radius 2 is 1.78 bits per heavy atom. The first kappa shape index (κ1) is 24.8. The molecule has 2 heterocycles. The van der Waals surface area contributed by atoms with Crippen LogP contribution in [-0.2, 0) is 21.2 Å². The molecule has 1 aromatic carbocycles. The zero-order valence-corrected chi connectivity index (χ0v) is 19.1. The molecule has 3 rings (SSSR count). The van der Waals surface area contributed by atoms with Crippen LogP contribution in [0.5, 0.6) is 0 Å². The Morgan fingerprint density at radius 1 is 1.19 bits per heavy atom. The summed E-state index contributed by atoms with van der Waals surface area (Å²) in [6, 6.07) is 0.426. The van der Waals surface area contributed by atoms with Crippen molar-refractivity contribution in [3.05, 3.63) is 35.1 Å². The number of amides is 1. The molecule has 32 heavy (non-hydrogen) atoms. The lowest BCUT2D eigenvalue weighted by atomic mass is 9.83. The molecule has 2 saturated heterocycles. The van der Waals surface area contributed by atoms with Crippen LogP contribution in [0.3, 0.4) is 0 Å². The van der Waals surface area contributed by atoms with Gasteiger partial charge in [-0.3, -0.25) is 0 Å². The number of hydrogen-bond acceptors (Lipinski definition) is 5. The summed E-state index contributed by atoms with van der Waals surface area (Å²) in [7, 11) is -2.11. The molecule has 0 aromatic heterocycles. The number of hydrogen-bond donors (Lipinski definition) is 1. The minimum absolute atomic E-state index is 0.0146. The van der Waals surface area contributed by atoms with Crippen molar-refractivity contribution in [2.45, 2.75) is 57.2 Å². The monoisotopic (exact) mass is 477 g/mol. The Kier molecular flexibility index (Phi) is 7.72. The van der Waals surface area contributed by atoms with E-state index in [1.807, 2.05) is 0 Å². The van der Waals surface area contributed by atoms with Gasteiger partial charge in [0.2, 0.25) is 10.0 Å². The Bertz CT molecular complexity index is 932. The van der Waals surface area contributed by atoms with Crippen LogP contribution < -0.4 is 5.73 Å². The minimum Gasteiger partial charge on any atom is -0.450 e. The summed E-state index contributed by atoms with van der Waals surface area (Å²) < 4.78 is 73.1. The van der Waals surface area contributed by atoms with E-state index in [1.54, 1.807) is 11.2 Å². The molecule has 0 spiro atoms.